The lowest BCUT2D eigenvalue weighted by Gasteiger charge is -2.11. The molecule has 2 amide bonds. The number of primary amides is 1. The SMILES string of the molecule is CCOc1ccc2c(c1)c(=O)c(C(=O)Nc1ccc(C(N)=O)cc1)cn2C. The highest BCUT2D eigenvalue weighted by molar-refractivity contribution is 6.06. The van der Waals surface area contributed by atoms with E-state index in [-0.39, 0.29) is 11.0 Å². The molecule has 0 bridgehead atoms. The molecule has 0 aliphatic carbocycles. The number of aromatic nitrogens is 1. The van der Waals surface area contributed by atoms with E-state index in [0.29, 0.717) is 34.5 Å². The van der Waals surface area contributed by atoms with Gasteiger partial charge in [0, 0.05) is 24.5 Å². The van der Waals surface area contributed by atoms with Crippen molar-refractivity contribution < 1.29 is 14.3 Å². The first-order valence-corrected chi connectivity index (χ1v) is 8.38. The van der Waals surface area contributed by atoms with Crippen molar-refractivity contribution in [2.75, 3.05) is 11.9 Å². The van der Waals surface area contributed by atoms with Crippen LogP contribution in [0.15, 0.2) is 53.5 Å². The summed E-state index contributed by atoms with van der Waals surface area (Å²) in [6.07, 6.45) is 1.50. The lowest BCUT2D eigenvalue weighted by molar-refractivity contribution is 0.0998. The molecule has 138 valence electrons. The Hall–Kier alpha value is -3.61. The average molecular weight is 365 g/mol. The monoisotopic (exact) mass is 365 g/mol. The number of nitrogens with one attached hydrogen (secondary N) is 1. The number of carbonyl (C=O) groups is 2. The normalized spacial score (nSPS) is 10.6. The molecular formula is C20H19N3O4. The number of nitrogens with two attached hydrogens (primary N) is 1. The van der Waals surface area contributed by atoms with Gasteiger partial charge in [0.2, 0.25) is 11.3 Å². The molecule has 7 heteroatoms. The number of pyridine rings is 1. The number of nitrogens with zero attached hydrogens (tertiary/aromatic N) is 1. The number of fused-ring (bicyclic) bond motifs is 1. The maximum atomic E-state index is 12.8. The summed E-state index contributed by atoms with van der Waals surface area (Å²) in [4.78, 5) is 36.6. The van der Waals surface area contributed by atoms with Gasteiger partial charge in [-0.1, -0.05) is 0 Å². The molecule has 1 heterocycles. The Balaban J connectivity index is 1.97. The first-order chi connectivity index (χ1) is 12.9. The molecule has 7 nitrogen and oxygen atoms in total. The Morgan fingerprint density at radius 1 is 1.15 bits per heavy atom. The second-order valence-electron chi connectivity index (χ2n) is 5.99. The maximum Gasteiger partial charge on any atom is 0.261 e. The van der Waals surface area contributed by atoms with E-state index in [1.807, 2.05) is 6.92 Å². The zero-order valence-electron chi connectivity index (χ0n) is 15.0. The van der Waals surface area contributed by atoms with E-state index in [0.717, 1.165) is 0 Å². The fourth-order valence-corrected chi connectivity index (χ4v) is 2.81. The molecule has 3 rings (SSSR count). The van der Waals surface area contributed by atoms with Crippen LogP contribution < -0.4 is 21.2 Å². The third kappa shape index (κ3) is 3.67. The zero-order valence-corrected chi connectivity index (χ0v) is 15.0. The Kier molecular flexibility index (Phi) is 4.94. The van der Waals surface area contributed by atoms with Crippen LogP contribution in [0.25, 0.3) is 10.9 Å². The standard InChI is InChI=1S/C20H19N3O4/c1-3-27-14-8-9-17-15(10-14)18(24)16(11-23(17)2)20(26)22-13-6-4-12(5-7-13)19(21)25/h4-11H,3H2,1-2H3,(H2,21,25)(H,22,26). The van der Waals surface area contributed by atoms with Crippen LogP contribution in [0, 0.1) is 0 Å². The highest BCUT2D eigenvalue weighted by Gasteiger charge is 2.15. The van der Waals surface area contributed by atoms with Gasteiger partial charge in [-0.3, -0.25) is 14.4 Å². The van der Waals surface area contributed by atoms with Gasteiger partial charge < -0.3 is 20.4 Å². The summed E-state index contributed by atoms with van der Waals surface area (Å²) in [6, 6.07) is 11.3. The minimum absolute atomic E-state index is 0.0117. The van der Waals surface area contributed by atoms with Crippen LogP contribution in [0.3, 0.4) is 0 Å². The van der Waals surface area contributed by atoms with Gasteiger partial charge in [0.15, 0.2) is 0 Å². The van der Waals surface area contributed by atoms with Crippen molar-refractivity contribution in [1.29, 1.82) is 0 Å². The van der Waals surface area contributed by atoms with Gasteiger partial charge in [-0.2, -0.15) is 0 Å². The fraction of sp³-hybridized carbons (Fsp3) is 0.150. The van der Waals surface area contributed by atoms with E-state index in [4.69, 9.17) is 10.5 Å². The molecule has 0 aliphatic rings. The summed E-state index contributed by atoms with van der Waals surface area (Å²) >= 11 is 0. The molecule has 0 atom stereocenters. The first-order valence-electron chi connectivity index (χ1n) is 8.38. The van der Waals surface area contributed by atoms with Gasteiger partial charge in [-0.25, -0.2) is 0 Å². The molecule has 27 heavy (non-hydrogen) atoms. The highest BCUT2D eigenvalue weighted by Crippen LogP contribution is 2.19. The van der Waals surface area contributed by atoms with Crippen molar-refractivity contribution in [2.24, 2.45) is 12.8 Å². The first kappa shape index (κ1) is 18.2. The smallest absolute Gasteiger partial charge is 0.261 e. The highest BCUT2D eigenvalue weighted by atomic mass is 16.5. The molecule has 3 N–H and O–H groups in total. The number of benzene rings is 2. The Morgan fingerprint density at radius 3 is 2.48 bits per heavy atom. The van der Waals surface area contributed by atoms with E-state index in [1.165, 1.54) is 18.3 Å². The number of carbonyl (C=O) groups excluding carboxylic acids is 2. The Bertz CT molecular complexity index is 1080. The van der Waals surface area contributed by atoms with Gasteiger partial charge in [0.1, 0.15) is 11.3 Å². The molecule has 3 aromatic rings. The second kappa shape index (κ2) is 7.33. The third-order valence-corrected chi connectivity index (χ3v) is 4.14. The summed E-state index contributed by atoms with van der Waals surface area (Å²) in [5, 5.41) is 3.06. The predicted molar refractivity (Wildman–Crippen MR) is 103 cm³/mol. The summed E-state index contributed by atoms with van der Waals surface area (Å²) in [6.45, 7) is 2.34. The molecule has 0 spiro atoms. The molecule has 0 saturated carbocycles. The van der Waals surface area contributed by atoms with Crippen molar-refractivity contribution in [3.8, 4) is 5.75 Å². The van der Waals surface area contributed by atoms with Gasteiger partial charge in [-0.05, 0) is 49.4 Å². The minimum Gasteiger partial charge on any atom is -0.494 e. The molecule has 0 aliphatic heterocycles. The largest absolute Gasteiger partial charge is 0.494 e. The lowest BCUT2D eigenvalue weighted by atomic mass is 10.1. The van der Waals surface area contributed by atoms with Crippen LogP contribution in [-0.2, 0) is 7.05 Å². The summed E-state index contributed by atoms with van der Waals surface area (Å²) in [7, 11) is 1.76. The molecule has 0 unspecified atom stereocenters. The summed E-state index contributed by atoms with van der Waals surface area (Å²) in [5.74, 6) is -0.519. The quantitative estimate of drug-likeness (QED) is 0.724. The molecule has 2 aromatic carbocycles. The van der Waals surface area contributed by atoms with E-state index in [2.05, 4.69) is 5.32 Å². The number of hydrogen-bond donors (Lipinski definition) is 2. The summed E-state index contributed by atoms with van der Waals surface area (Å²) in [5.41, 5.74) is 6.32. The predicted octanol–water partition coefficient (Wildman–Crippen LogP) is 2.29. The fourth-order valence-electron chi connectivity index (χ4n) is 2.81. The van der Waals surface area contributed by atoms with Crippen molar-refractivity contribution in [2.45, 2.75) is 6.92 Å². The van der Waals surface area contributed by atoms with E-state index >= 15 is 0 Å². The molecule has 0 fully saturated rings. The minimum atomic E-state index is -0.554. The van der Waals surface area contributed by atoms with Crippen LogP contribution >= 0.6 is 0 Å². The van der Waals surface area contributed by atoms with Gasteiger partial charge in [-0.15, -0.1) is 0 Å². The number of ether oxygens (including phenoxy) is 1. The van der Waals surface area contributed by atoms with Crippen molar-refractivity contribution in [3.05, 3.63) is 70.0 Å². The third-order valence-electron chi connectivity index (χ3n) is 4.14. The number of hydrogen-bond acceptors (Lipinski definition) is 4. The topological polar surface area (TPSA) is 103 Å². The van der Waals surface area contributed by atoms with E-state index in [9.17, 15) is 14.4 Å². The van der Waals surface area contributed by atoms with E-state index < -0.39 is 11.8 Å². The zero-order chi connectivity index (χ0) is 19.6. The van der Waals surface area contributed by atoms with Crippen molar-refractivity contribution in [3.63, 3.8) is 0 Å². The second-order valence-corrected chi connectivity index (χ2v) is 5.99. The molecular weight excluding hydrogens is 346 g/mol. The van der Waals surface area contributed by atoms with Gasteiger partial charge in [0.05, 0.1) is 17.5 Å². The van der Waals surface area contributed by atoms with Crippen LogP contribution in [0.5, 0.6) is 5.75 Å². The maximum absolute atomic E-state index is 12.8. The van der Waals surface area contributed by atoms with Crippen LogP contribution in [0.1, 0.15) is 27.6 Å². The average Bonchev–Trinajstić information content (AvgIpc) is 2.65. The molecule has 1 aromatic heterocycles. The van der Waals surface area contributed by atoms with Gasteiger partial charge >= 0.3 is 0 Å². The number of amides is 2. The van der Waals surface area contributed by atoms with Crippen molar-refractivity contribution in [1.82, 2.24) is 4.57 Å². The molecule has 0 radical (unpaired) electrons. The van der Waals surface area contributed by atoms with Crippen LogP contribution in [0.4, 0.5) is 5.69 Å². The van der Waals surface area contributed by atoms with Crippen molar-refractivity contribution >= 4 is 28.4 Å². The van der Waals surface area contributed by atoms with Crippen LogP contribution in [0.2, 0.25) is 0 Å². The number of rotatable bonds is 5. The van der Waals surface area contributed by atoms with E-state index in [1.54, 1.807) is 41.9 Å². The Morgan fingerprint density at radius 2 is 1.85 bits per heavy atom. The lowest BCUT2D eigenvalue weighted by Crippen LogP contribution is -2.23. The van der Waals surface area contributed by atoms with Crippen LogP contribution in [-0.4, -0.2) is 23.0 Å². The van der Waals surface area contributed by atoms with Gasteiger partial charge in [0.25, 0.3) is 5.91 Å². The molecule has 0 saturated heterocycles. The number of anilines is 1. The number of aryl methyl sites for hydroxylation is 1. The Labute approximate surface area is 155 Å². The summed E-state index contributed by atoms with van der Waals surface area (Å²) < 4.78 is 7.17.